The van der Waals surface area contributed by atoms with Gasteiger partial charge in [-0.25, -0.2) is 0 Å². The van der Waals surface area contributed by atoms with Crippen molar-refractivity contribution in [3.8, 4) is 0 Å². The number of aliphatic hydroxyl groups is 2. The largest absolute Gasteiger partial charge is 0.395 e. The number of fused-ring (bicyclic) bond motifs is 1. The summed E-state index contributed by atoms with van der Waals surface area (Å²) in [6, 6.07) is 7.90. The molecule has 2 aromatic rings. The number of nitrogens with zero attached hydrogens (tertiary/aromatic N) is 1. The van der Waals surface area contributed by atoms with Crippen LogP contribution < -0.4 is 0 Å². The molecular weight excluding hydrogens is 262 g/mol. The van der Waals surface area contributed by atoms with Crippen molar-refractivity contribution < 1.29 is 15.0 Å². The minimum absolute atomic E-state index is 0.102. The van der Waals surface area contributed by atoms with Gasteiger partial charge in [-0.15, -0.1) is 11.3 Å². The third kappa shape index (κ3) is 2.78. The van der Waals surface area contributed by atoms with Crippen molar-refractivity contribution in [3.05, 3.63) is 34.7 Å². The standard InChI is InChI=1S/C14H17NO3S/c1-10-11-4-2-3-5-12(11)19-13(10)14(18)15(6-8-16)7-9-17/h2-5,16-17H,6-9H2,1H3. The fourth-order valence-corrected chi connectivity index (χ4v) is 3.26. The lowest BCUT2D eigenvalue weighted by molar-refractivity contribution is 0.0689. The molecule has 0 bridgehead atoms. The van der Waals surface area contributed by atoms with Gasteiger partial charge in [0.1, 0.15) is 0 Å². The van der Waals surface area contributed by atoms with E-state index >= 15 is 0 Å². The van der Waals surface area contributed by atoms with Gasteiger partial charge >= 0.3 is 0 Å². The van der Waals surface area contributed by atoms with Gasteiger partial charge < -0.3 is 15.1 Å². The van der Waals surface area contributed by atoms with Gasteiger partial charge in [0.15, 0.2) is 0 Å². The van der Waals surface area contributed by atoms with Crippen LogP contribution in [0.2, 0.25) is 0 Å². The molecule has 1 amide bonds. The molecule has 0 spiro atoms. The maximum absolute atomic E-state index is 12.4. The molecule has 2 N–H and O–H groups in total. The molecule has 0 saturated heterocycles. The van der Waals surface area contributed by atoms with E-state index in [9.17, 15) is 4.79 Å². The zero-order valence-corrected chi connectivity index (χ0v) is 11.6. The fourth-order valence-electron chi connectivity index (χ4n) is 2.08. The summed E-state index contributed by atoms with van der Waals surface area (Å²) in [5.74, 6) is -0.123. The Morgan fingerprint density at radius 2 is 1.84 bits per heavy atom. The Hall–Kier alpha value is -1.43. The molecule has 4 nitrogen and oxygen atoms in total. The minimum atomic E-state index is -0.123. The molecule has 0 aliphatic rings. The molecule has 1 aromatic heterocycles. The first-order valence-electron chi connectivity index (χ1n) is 6.18. The summed E-state index contributed by atoms with van der Waals surface area (Å²) in [6.45, 7) is 2.22. The average Bonchev–Trinajstić information content (AvgIpc) is 2.76. The number of amides is 1. The van der Waals surface area contributed by atoms with Crippen LogP contribution in [0.4, 0.5) is 0 Å². The third-order valence-corrected chi connectivity index (χ3v) is 4.33. The van der Waals surface area contributed by atoms with Crippen LogP contribution in [0.15, 0.2) is 24.3 Å². The number of hydrogen-bond donors (Lipinski definition) is 2. The predicted molar refractivity (Wildman–Crippen MR) is 76.6 cm³/mol. The molecule has 19 heavy (non-hydrogen) atoms. The van der Waals surface area contributed by atoms with Crippen LogP contribution in [0.25, 0.3) is 10.1 Å². The van der Waals surface area contributed by atoms with Gasteiger partial charge in [-0.2, -0.15) is 0 Å². The van der Waals surface area contributed by atoms with Gasteiger partial charge in [-0.1, -0.05) is 18.2 Å². The first-order chi connectivity index (χ1) is 9.19. The fraction of sp³-hybridized carbons (Fsp3) is 0.357. The lowest BCUT2D eigenvalue weighted by atomic mass is 10.1. The van der Waals surface area contributed by atoms with Crippen molar-refractivity contribution in [1.82, 2.24) is 4.90 Å². The van der Waals surface area contributed by atoms with Crippen LogP contribution >= 0.6 is 11.3 Å². The first-order valence-corrected chi connectivity index (χ1v) is 6.99. The SMILES string of the molecule is Cc1c(C(=O)N(CCO)CCO)sc2ccccc12. The maximum atomic E-state index is 12.4. The van der Waals surface area contributed by atoms with Crippen LogP contribution in [0, 0.1) is 6.92 Å². The van der Waals surface area contributed by atoms with Gasteiger partial charge in [-0.3, -0.25) is 4.79 Å². The van der Waals surface area contributed by atoms with Gasteiger partial charge in [0, 0.05) is 17.8 Å². The maximum Gasteiger partial charge on any atom is 0.264 e. The van der Waals surface area contributed by atoms with Crippen molar-refractivity contribution in [2.24, 2.45) is 0 Å². The zero-order valence-electron chi connectivity index (χ0n) is 10.8. The second-order valence-electron chi connectivity index (χ2n) is 4.29. The molecule has 0 aliphatic heterocycles. The Labute approximate surface area is 115 Å². The molecule has 1 heterocycles. The smallest absolute Gasteiger partial charge is 0.264 e. The number of aliphatic hydroxyl groups excluding tert-OH is 2. The van der Waals surface area contributed by atoms with E-state index in [4.69, 9.17) is 10.2 Å². The number of benzene rings is 1. The highest BCUT2D eigenvalue weighted by Crippen LogP contribution is 2.31. The molecule has 0 radical (unpaired) electrons. The van der Waals surface area contributed by atoms with Gasteiger partial charge in [0.05, 0.1) is 18.1 Å². The van der Waals surface area contributed by atoms with E-state index in [1.165, 1.54) is 16.2 Å². The lowest BCUT2D eigenvalue weighted by Gasteiger charge is -2.20. The summed E-state index contributed by atoms with van der Waals surface area (Å²) in [4.78, 5) is 14.6. The molecule has 0 atom stereocenters. The van der Waals surface area contributed by atoms with Gasteiger partial charge in [0.2, 0.25) is 0 Å². The summed E-state index contributed by atoms with van der Waals surface area (Å²) >= 11 is 1.46. The summed E-state index contributed by atoms with van der Waals surface area (Å²) in [5, 5.41) is 19.1. The van der Waals surface area contributed by atoms with Crippen molar-refractivity contribution in [1.29, 1.82) is 0 Å². The summed E-state index contributed by atoms with van der Waals surface area (Å²) in [7, 11) is 0. The molecule has 0 fully saturated rings. The summed E-state index contributed by atoms with van der Waals surface area (Å²) in [5.41, 5.74) is 0.964. The normalized spacial score (nSPS) is 10.9. The monoisotopic (exact) mass is 279 g/mol. The van der Waals surface area contributed by atoms with Crippen molar-refractivity contribution in [2.45, 2.75) is 6.92 Å². The van der Waals surface area contributed by atoms with E-state index in [0.717, 1.165) is 15.6 Å². The Balaban J connectivity index is 2.37. The quantitative estimate of drug-likeness (QED) is 0.874. The molecule has 102 valence electrons. The molecule has 0 saturated carbocycles. The second-order valence-corrected chi connectivity index (χ2v) is 5.34. The van der Waals surface area contributed by atoms with Crippen LogP contribution in [0.5, 0.6) is 0 Å². The highest BCUT2D eigenvalue weighted by Gasteiger charge is 2.20. The number of carbonyl (C=O) groups is 1. The lowest BCUT2D eigenvalue weighted by Crippen LogP contribution is -2.35. The third-order valence-electron chi connectivity index (χ3n) is 3.06. The van der Waals surface area contributed by atoms with Crippen molar-refractivity contribution in [3.63, 3.8) is 0 Å². The van der Waals surface area contributed by atoms with E-state index in [1.807, 2.05) is 31.2 Å². The molecule has 0 aliphatic carbocycles. The van der Waals surface area contributed by atoms with Crippen molar-refractivity contribution in [2.75, 3.05) is 26.3 Å². The Morgan fingerprint density at radius 1 is 1.21 bits per heavy atom. The van der Waals surface area contributed by atoms with Crippen molar-refractivity contribution >= 4 is 27.3 Å². The molecule has 5 heteroatoms. The summed E-state index contributed by atoms with van der Waals surface area (Å²) < 4.78 is 1.08. The van der Waals surface area contributed by atoms with E-state index in [0.29, 0.717) is 4.88 Å². The van der Waals surface area contributed by atoms with Crippen LogP contribution in [-0.4, -0.2) is 47.3 Å². The first kappa shape index (κ1) is 14.0. The number of hydrogen-bond acceptors (Lipinski definition) is 4. The van der Waals surface area contributed by atoms with Gasteiger partial charge in [0.25, 0.3) is 5.91 Å². The Bertz CT molecular complexity index is 573. The van der Waals surface area contributed by atoms with Gasteiger partial charge in [-0.05, 0) is 23.9 Å². The molecule has 0 unspecified atom stereocenters. The van der Waals surface area contributed by atoms with E-state index in [2.05, 4.69) is 0 Å². The van der Waals surface area contributed by atoms with Crippen LogP contribution in [-0.2, 0) is 0 Å². The molecule has 2 rings (SSSR count). The van der Waals surface area contributed by atoms with E-state index in [-0.39, 0.29) is 32.2 Å². The van der Waals surface area contributed by atoms with Crippen LogP contribution in [0.1, 0.15) is 15.2 Å². The minimum Gasteiger partial charge on any atom is -0.395 e. The molecule has 1 aromatic carbocycles. The molecular formula is C14H17NO3S. The van der Waals surface area contributed by atoms with E-state index in [1.54, 1.807) is 0 Å². The van der Waals surface area contributed by atoms with E-state index < -0.39 is 0 Å². The highest BCUT2D eigenvalue weighted by molar-refractivity contribution is 7.21. The summed E-state index contributed by atoms with van der Waals surface area (Å²) in [6.07, 6.45) is 0. The highest BCUT2D eigenvalue weighted by atomic mass is 32.1. The Morgan fingerprint density at radius 3 is 2.42 bits per heavy atom. The predicted octanol–water partition coefficient (Wildman–Crippen LogP) is 1.64. The number of thiophene rings is 1. The number of carbonyl (C=O) groups excluding carboxylic acids is 1. The number of aryl methyl sites for hydroxylation is 1. The second kappa shape index (κ2) is 6.14. The average molecular weight is 279 g/mol. The van der Waals surface area contributed by atoms with Crippen LogP contribution in [0.3, 0.4) is 0 Å². The number of rotatable bonds is 5. The topological polar surface area (TPSA) is 60.8 Å². The zero-order chi connectivity index (χ0) is 13.8. The Kier molecular flexibility index (Phi) is 4.52.